The van der Waals surface area contributed by atoms with Gasteiger partial charge < -0.3 is 15.4 Å². The van der Waals surface area contributed by atoms with E-state index in [2.05, 4.69) is 45.9 Å². The van der Waals surface area contributed by atoms with E-state index in [0.29, 0.717) is 21.1 Å². The van der Waals surface area contributed by atoms with Crippen LogP contribution in [0.4, 0.5) is 5.69 Å². The highest BCUT2D eigenvalue weighted by atomic mass is 35.5. The molecule has 8 heteroatoms. The number of thiocarbonyl (C=S) groups is 1. The third-order valence-corrected chi connectivity index (χ3v) is 7.29. The standard InChI is InChI=1S/C23H24ClN3O2S2/c1-29-22(28)21-20(24)18-8-7-17(13-19(18)31-21)26-23(30)25-16-9-11-27(12-10-16)14-15-5-3-2-4-6-15/h2-8,13,16H,9-12,14H2,1H3,(H2,25,26,30). The second kappa shape index (κ2) is 9.96. The number of esters is 1. The van der Waals surface area contributed by atoms with E-state index in [9.17, 15) is 4.79 Å². The first-order chi connectivity index (χ1) is 15.0. The van der Waals surface area contributed by atoms with Crippen molar-refractivity contribution in [2.75, 3.05) is 25.5 Å². The van der Waals surface area contributed by atoms with Crippen LogP contribution in [-0.2, 0) is 11.3 Å². The van der Waals surface area contributed by atoms with Gasteiger partial charge in [-0.3, -0.25) is 4.90 Å². The lowest BCUT2D eigenvalue weighted by Gasteiger charge is -2.33. The van der Waals surface area contributed by atoms with E-state index in [4.69, 9.17) is 28.6 Å². The Labute approximate surface area is 196 Å². The van der Waals surface area contributed by atoms with E-state index < -0.39 is 5.97 Å². The van der Waals surface area contributed by atoms with Gasteiger partial charge in [-0.15, -0.1) is 11.3 Å². The minimum atomic E-state index is -0.420. The lowest BCUT2D eigenvalue weighted by atomic mass is 10.0. The first kappa shape index (κ1) is 22.0. The number of hydrogen-bond acceptors (Lipinski definition) is 5. The highest BCUT2D eigenvalue weighted by Gasteiger charge is 2.20. The fraction of sp³-hybridized carbons (Fsp3) is 0.304. The molecule has 0 atom stereocenters. The maximum atomic E-state index is 11.9. The molecule has 1 fully saturated rings. The number of fused-ring (bicyclic) bond motifs is 1. The molecule has 0 unspecified atom stereocenters. The molecule has 2 N–H and O–H groups in total. The summed E-state index contributed by atoms with van der Waals surface area (Å²) < 4.78 is 5.71. The van der Waals surface area contributed by atoms with Crippen molar-refractivity contribution >= 4 is 62.0 Å². The highest BCUT2D eigenvalue weighted by molar-refractivity contribution is 7.80. The predicted molar refractivity (Wildman–Crippen MR) is 132 cm³/mol. The van der Waals surface area contributed by atoms with Crippen LogP contribution in [0.25, 0.3) is 10.1 Å². The van der Waals surface area contributed by atoms with E-state index in [-0.39, 0.29) is 0 Å². The van der Waals surface area contributed by atoms with Gasteiger partial charge in [-0.05, 0) is 48.8 Å². The van der Waals surface area contributed by atoms with Crippen molar-refractivity contribution in [2.45, 2.75) is 25.4 Å². The van der Waals surface area contributed by atoms with Crippen molar-refractivity contribution in [1.82, 2.24) is 10.2 Å². The molecule has 0 saturated carbocycles. The summed E-state index contributed by atoms with van der Waals surface area (Å²) in [5.74, 6) is -0.420. The zero-order valence-electron chi connectivity index (χ0n) is 17.2. The van der Waals surface area contributed by atoms with Crippen molar-refractivity contribution in [1.29, 1.82) is 0 Å². The van der Waals surface area contributed by atoms with Crippen molar-refractivity contribution in [3.05, 3.63) is 64.0 Å². The second-order valence-electron chi connectivity index (χ2n) is 7.58. The summed E-state index contributed by atoms with van der Waals surface area (Å²) in [6, 6.07) is 16.7. The van der Waals surface area contributed by atoms with Gasteiger partial charge >= 0.3 is 5.97 Å². The van der Waals surface area contributed by atoms with Crippen LogP contribution in [0.2, 0.25) is 5.02 Å². The zero-order valence-corrected chi connectivity index (χ0v) is 19.6. The Kier molecular flexibility index (Phi) is 7.07. The number of halogens is 1. The van der Waals surface area contributed by atoms with E-state index in [1.807, 2.05) is 18.2 Å². The Morgan fingerprint density at radius 1 is 1.23 bits per heavy atom. The van der Waals surface area contributed by atoms with Gasteiger partial charge in [0.15, 0.2) is 5.11 Å². The van der Waals surface area contributed by atoms with Crippen LogP contribution in [0.1, 0.15) is 28.1 Å². The molecule has 1 saturated heterocycles. The van der Waals surface area contributed by atoms with Gasteiger partial charge in [0, 0.05) is 41.4 Å². The number of likely N-dealkylation sites (tertiary alicyclic amines) is 1. The number of methoxy groups -OCH3 is 1. The average Bonchev–Trinajstić information content (AvgIpc) is 3.11. The van der Waals surface area contributed by atoms with Crippen molar-refractivity contribution in [3.8, 4) is 0 Å². The van der Waals surface area contributed by atoms with Gasteiger partial charge in [0.1, 0.15) is 4.88 Å². The Balaban J connectivity index is 1.31. The molecule has 5 nitrogen and oxygen atoms in total. The number of nitrogens with one attached hydrogen (secondary N) is 2. The van der Waals surface area contributed by atoms with Crippen LogP contribution < -0.4 is 10.6 Å². The number of carbonyl (C=O) groups excluding carboxylic acids is 1. The smallest absolute Gasteiger partial charge is 0.349 e. The molecule has 0 aliphatic carbocycles. The molecule has 31 heavy (non-hydrogen) atoms. The molecule has 0 spiro atoms. The highest BCUT2D eigenvalue weighted by Crippen LogP contribution is 2.37. The summed E-state index contributed by atoms with van der Waals surface area (Å²) >= 11 is 13.2. The monoisotopic (exact) mass is 473 g/mol. The molecule has 3 aromatic rings. The summed E-state index contributed by atoms with van der Waals surface area (Å²) in [7, 11) is 1.35. The maximum Gasteiger partial charge on any atom is 0.349 e. The molecule has 0 radical (unpaired) electrons. The Morgan fingerprint density at radius 2 is 1.97 bits per heavy atom. The van der Waals surface area contributed by atoms with E-state index in [1.165, 1.54) is 24.0 Å². The van der Waals surface area contributed by atoms with Crippen LogP contribution in [-0.4, -0.2) is 42.2 Å². The third-order valence-electron chi connectivity index (χ3n) is 5.43. The predicted octanol–water partition coefficient (Wildman–Crippen LogP) is 5.29. The third kappa shape index (κ3) is 5.36. The van der Waals surface area contributed by atoms with Crippen LogP contribution in [0.15, 0.2) is 48.5 Å². The second-order valence-corrected chi connectivity index (χ2v) is 9.42. The van der Waals surface area contributed by atoms with Gasteiger partial charge in [-0.1, -0.05) is 41.9 Å². The number of anilines is 1. The topological polar surface area (TPSA) is 53.6 Å². The maximum absolute atomic E-state index is 11.9. The summed E-state index contributed by atoms with van der Waals surface area (Å²) in [6.07, 6.45) is 2.10. The largest absolute Gasteiger partial charge is 0.465 e. The van der Waals surface area contributed by atoms with Crippen LogP contribution in [0.3, 0.4) is 0 Å². The van der Waals surface area contributed by atoms with Gasteiger partial charge in [-0.25, -0.2) is 4.79 Å². The summed E-state index contributed by atoms with van der Waals surface area (Å²) in [6.45, 7) is 3.09. The molecule has 2 aromatic carbocycles. The fourth-order valence-electron chi connectivity index (χ4n) is 3.80. The fourth-order valence-corrected chi connectivity index (χ4v) is 5.55. The van der Waals surface area contributed by atoms with Crippen molar-refractivity contribution in [2.24, 2.45) is 0 Å². The molecule has 1 aromatic heterocycles. The summed E-state index contributed by atoms with van der Waals surface area (Å²) in [4.78, 5) is 14.8. The Morgan fingerprint density at radius 3 is 2.68 bits per heavy atom. The first-order valence-electron chi connectivity index (χ1n) is 10.2. The molecule has 162 valence electrons. The molecular formula is C23H24ClN3O2S2. The number of piperidine rings is 1. The lowest BCUT2D eigenvalue weighted by molar-refractivity contribution is 0.0606. The average molecular weight is 474 g/mol. The number of hydrogen-bond donors (Lipinski definition) is 2. The quantitative estimate of drug-likeness (QED) is 0.388. The van der Waals surface area contributed by atoms with Crippen molar-refractivity contribution in [3.63, 3.8) is 0 Å². The number of rotatable bonds is 5. The number of benzene rings is 2. The van der Waals surface area contributed by atoms with Gasteiger partial charge in [0.05, 0.1) is 12.1 Å². The SMILES string of the molecule is COC(=O)c1sc2cc(NC(=S)NC3CCN(Cc4ccccc4)CC3)ccc2c1Cl. The molecule has 1 aliphatic heterocycles. The minimum absolute atomic E-state index is 0.359. The molecular weight excluding hydrogens is 450 g/mol. The number of thiophene rings is 1. The Hall–Kier alpha value is -2.19. The lowest BCUT2D eigenvalue weighted by Crippen LogP contribution is -2.45. The van der Waals surface area contributed by atoms with E-state index in [1.54, 1.807) is 0 Å². The van der Waals surface area contributed by atoms with Crippen LogP contribution in [0, 0.1) is 0 Å². The number of nitrogens with zero attached hydrogens (tertiary/aromatic N) is 1. The summed E-state index contributed by atoms with van der Waals surface area (Å²) in [5, 5.41) is 8.57. The number of carbonyl (C=O) groups is 1. The minimum Gasteiger partial charge on any atom is -0.465 e. The van der Waals surface area contributed by atoms with Gasteiger partial charge in [-0.2, -0.15) is 0 Å². The molecule has 1 aliphatic rings. The zero-order chi connectivity index (χ0) is 21.8. The van der Waals surface area contributed by atoms with E-state index >= 15 is 0 Å². The Bertz CT molecular complexity index is 1080. The first-order valence-corrected chi connectivity index (χ1v) is 11.8. The van der Waals surface area contributed by atoms with Gasteiger partial charge in [0.2, 0.25) is 0 Å². The van der Waals surface area contributed by atoms with Gasteiger partial charge in [0.25, 0.3) is 0 Å². The summed E-state index contributed by atoms with van der Waals surface area (Å²) in [5.41, 5.74) is 2.21. The van der Waals surface area contributed by atoms with Crippen LogP contribution in [0.5, 0.6) is 0 Å². The molecule has 4 rings (SSSR count). The van der Waals surface area contributed by atoms with E-state index in [0.717, 1.165) is 48.2 Å². The normalized spacial score (nSPS) is 15.0. The number of ether oxygens (including phenoxy) is 1. The molecule has 0 bridgehead atoms. The van der Waals surface area contributed by atoms with Crippen molar-refractivity contribution < 1.29 is 9.53 Å². The molecule has 2 heterocycles. The van der Waals surface area contributed by atoms with Crippen LogP contribution >= 0.6 is 35.2 Å². The molecule has 0 amide bonds.